The molecular formula is C20H19Cl2N3O2S. The lowest BCUT2D eigenvalue weighted by molar-refractivity contribution is -0.154. The Balaban J connectivity index is 1.50. The van der Waals surface area contributed by atoms with Crippen molar-refractivity contribution in [2.24, 2.45) is 0 Å². The van der Waals surface area contributed by atoms with Gasteiger partial charge in [-0.25, -0.2) is 9.97 Å². The van der Waals surface area contributed by atoms with Crippen LogP contribution in [0, 0.1) is 0 Å². The zero-order valence-electron chi connectivity index (χ0n) is 15.4. The van der Waals surface area contributed by atoms with Gasteiger partial charge in [-0.2, -0.15) is 0 Å². The molecule has 146 valence electrons. The number of benzene rings is 1. The highest BCUT2D eigenvalue weighted by molar-refractivity contribution is 8.00. The van der Waals surface area contributed by atoms with Crippen LogP contribution in [0.15, 0.2) is 47.8 Å². The Labute approximate surface area is 177 Å². The van der Waals surface area contributed by atoms with E-state index in [0.29, 0.717) is 5.15 Å². The van der Waals surface area contributed by atoms with E-state index in [1.165, 1.54) is 11.2 Å². The fourth-order valence-corrected chi connectivity index (χ4v) is 5.79. The number of hydrogen-bond acceptors (Lipinski definition) is 5. The molecule has 0 spiro atoms. The Morgan fingerprint density at radius 3 is 2.61 bits per heavy atom. The minimum atomic E-state index is -0.609. The second-order valence-electron chi connectivity index (χ2n) is 7.60. The zero-order chi connectivity index (χ0) is 19.5. The minimum absolute atomic E-state index is 0.00422. The molecule has 0 amide bonds. The molecule has 1 aliphatic heterocycles. The molecule has 0 radical (unpaired) electrons. The highest BCUT2D eigenvalue weighted by atomic mass is 35.5. The topological polar surface area (TPSA) is 49.2 Å². The van der Waals surface area contributed by atoms with Gasteiger partial charge in [-0.05, 0) is 50.6 Å². The van der Waals surface area contributed by atoms with Gasteiger partial charge in [0.15, 0.2) is 5.79 Å². The molecule has 0 N–H and O–H groups in total. The molecule has 28 heavy (non-hydrogen) atoms. The van der Waals surface area contributed by atoms with E-state index in [1.807, 2.05) is 62.1 Å². The third-order valence-corrected chi connectivity index (χ3v) is 7.16. The molecule has 5 rings (SSSR count). The van der Waals surface area contributed by atoms with Crippen molar-refractivity contribution in [3.05, 3.63) is 53.0 Å². The molecule has 1 aromatic carbocycles. The number of hydrogen-bond donors (Lipinski definition) is 0. The number of ether oxygens (including phenoxy) is 2. The van der Waals surface area contributed by atoms with Crippen LogP contribution in [0.3, 0.4) is 0 Å². The van der Waals surface area contributed by atoms with Crippen molar-refractivity contribution in [2.75, 3.05) is 0 Å². The van der Waals surface area contributed by atoms with Crippen molar-refractivity contribution in [1.82, 2.24) is 14.5 Å². The Kier molecular flexibility index (Phi) is 4.60. The van der Waals surface area contributed by atoms with Gasteiger partial charge >= 0.3 is 0 Å². The van der Waals surface area contributed by atoms with Gasteiger partial charge in [0.05, 0.1) is 11.4 Å². The number of nitrogens with zero attached hydrogens (tertiary/aromatic N) is 3. The number of thioether (sulfide) groups is 1. The van der Waals surface area contributed by atoms with E-state index < -0.39 is 5.79 Å². The third-order valence-electron chi connectivity index (χ3n) is 5.30. The predicted molar refractivity (Wildman–Crippen MR) is 111 cm³/mol. The minimum Gasteiger partial charge on any atom is -0.343 e. The van der Waals surface area contributed by atoms with Crippen molar-refractivity contribution in [1.29, 1.82) is 0 Å². The van der Waals surface area contributed by atoms with Gasteiger partial charge in [0.2, 0.25) is 0 Å². The lowest BCUT2D eigenvalue weighted by Crippen LogP contribution is -2.27. The summed E-state index contributed by atoms with van der Waals surface area (Å²) < 4.78 is 14.8. The quantitative estimate of drug-likeness (QED) is 0.517. The highest BCUT2D eigenvalue weighted by Crippen LogP contribution is 2.50. The fraction of sp³-hybridized carbons (Fsp3) is 0.400. The van der Waals surface area contributed by atoms with Crippen molar-refractivity contribution in [3.63, 3.8) is 0 Å². The lowest BCUT2D eigenvalue weighted by atomic mass is 10.2. The first kappa shape index (κ1) is 18.7. The molecule has 1 saturated heterocycles. The van der Waals surface area contributed by atoms with Crippen LogP contribution in [0.5, 0.6) is 0 Å². The maximum atomic E-state index is 6.32. The molecule has 0 bridgehead atoms. The molecule has 3 heterocycles. The largest absolute Gasteiger partial charge is 0.343 e. The SMILES string of the molecule is CC1(C)O[C@@H]2[C@H](O1)[C@@H](Sc1ccc(Cl)cc1)C[C@H]2n1ccc2c(Cl)ncnc21. The Bertz CT molecular complexity index is 1020. The van der Waals surface area contributed by atoms with Crippen LogP contribution < -0.4 is 0 Å². The van der Waals surface area contributed by atoms with Crippen LogP contribution in [0.4, 0.5) is 0 Å². The summed E-state index contributed by atoms with van der Waals surface area (Å²) in [5.74, 6) is -0.609. The van der Waals surface area contributed by atoms with E-state index in [2.05, 4.69) is 14.5 Å². The standard InChI is InChI=1S/C20H19Cl2N3O2S/c1-20(2)26-16-14(25-8-7-13-18(22)23-10-24-19(13)25)9-15(17(16)27-20)28-12-5-3-11(21)4-6-12/h3-8,10,14-17H,9H2,1-2H3/t14-,15+,16+,17-/m1/s1. The molecule has 3 aromatic rings. The van der Waals surface area contributed by atoms with Crippen molar-refractivity contribution >= 4 is 46.0 Å². The molecule has 4 atom stereocenters. The maximum Gasteiger partial charge on any atom is 0.163 e. The summed E-state index contributed by atoms with van der Waals surface area (Å²) in [5.41, 5.74) is 0.828. The molecule has 1 aliphatic carbocycles. The number of halogens is 2. The molecule has 1 saturated carbocycles. The number of rotatable bonds is 3. The van der Waals surface area contributed by atoms with Crippen molar-refractivity contribution in [3.8, 4) is 0 Å². The van der Waals surface area contributed by atoms with Crippen LogP contribution >= 0.6 is 35.0 Å². The maximum absolute atomic E-state index is 6.32. The smallest absolute Gasteiger partial charge is 0.163 e. The van der Waals surface area contributed by atoms with E-state index in [-0.39, 0.29) is 23.5 Å². The molecule has 5 nitrogen and oxygen atoms in total. The lowest BCUT2D eigenvalue weighted by Gasteiger charge is -2.24. The first-order valence-corrected chi connectivity index (χ1v) is 10.8. The van der Waals surface area contributed by atoms with Crippen LogP contribution in [0.2, 0.25) is 10.2 Å². The highest BCUT2D eigenvalue weighted by Gasteiger charge is 2.55. The van der Waals surface area contributed by atoms with E-state index in [9.17, 15) is 0 Å². The van der Waals surface area contributed by atoms with Gasteiger partial charge in [-0.15, -0.1) is 11.8 Å². The molecule has 2 fully saturated rings. The summed E-state index contributed by atoms with van der Waals surface area (Å²) in [5, 5.41) is 2.32. The van der Waals surface area contributed by atoms with E-state index in [0.717, 1.165) is 22.5 Å². The normalized spacial score (nSPS) is 28.7. The van der Waals surface area contributed by atoms with E-state index in [4.69, 9.17) is 32.7 Å². The Morgan fingerprint density at radius 2 is 1.82 bits per heavy atom. The van der Waals surface area contributed by atoms with Crippen LogP contribution in [-0.4, -0.2) is 37.8 Å². The van der Waals surface area contributed by atoms with Gasteiger partial charge < -0.3 is 14.0 Å². The average Bonchev–Trinajstić information content (AvgIpc) is 3.30. The second kappa shape index (κ2) is 6.89. The number of fused-ring (bicyclic) bond motifs is 2. The van der Waals surface area contributed by atoms with E-state index >= 15 is 0 Å². The Morgan fingerprint density at radius 1 is 1.07 bits per heavy atom. The molecule has 0 unspecified atom stereocenters. The monoisotopic (exact) mass is 435 g/mol. The average molecular weight is 436 g/mol. The summed E-state index contributed by atoms with van der Waals surface area (Å²) in [7, 11) is 0. The summed E-state index contributed by atoms with van der Waals surface area (Å²) in [6.07, 6.45) is 4.38. The van der Waals surface area contributed by atoms with Gasteiger partial charge in [0.1, 0.15) is 29.3 Å². The number of aromatic nitrogens is 3. The summed E-state index contributed by atoms with van der Waals surface area (Å²) in [6, 6.07) is 10.0. The zero-order valence-corrected chi connectivity index (χ0v) is 17.7. The van der Waals surface area contributed by atoms with E-state index in [1.54, 1.807) is 0 Å². The molecule has 2 aliphatic rings. The van der Waals surface area contributed by atoms with Gasteiger partial charge in [0.25, 0.3) is 0 Å². The van der Waals surface area contributed by atoms with Crippen molar-refractivity contribution < 1.29 is 9.47 Å². The van der Waals surface area contributed by atoms with Crippen LogP contribution in [0.1, 0.15) is 26.3 Å². The molecule has 8 heteroatoms. The van der Waals surface area contributed by atoms with Gasteiger partial charge in [-0.1, -0.05) is 23.2 Å². The molecular weight excluding hydrogens is 417 g/mol. The van der Waals surface area contributed by atoms with Crippen LogP contribution in [-0.2, 0) is 9.47 Å². The third kappa shape index (κ3) is 3.21. The molecule has 2 aromatic heterocycles. The summed E-state index contributed by atoms with van der Waals surface area (Å²) in [4.78, 5) is 9.72. The summed E-state index contributed by atoms with van der Waals surface area (Å²) in [6.45, 7) is 3.94. The first-order valence-electron chi connectivity index (χ1n) is 9.16. The Hall–Kier alpha value is -1.31. The second-order valence-corrected chi connectivity index (χ2v) is 9.71. The van der Waals surface area contributed by atoms with Gasteiger partial charge in [0, 0.05) is 21.4 Å². The van der Waals surface area contributed by atoms with Crippen molar-refractivity contribution in [2.45, 2.75) is 54.5 Å². The van der Waals surface area contributed by atoms with Crippen LogP contribution in [0.25, 0.3) is 11.0 Å². The fourth-order valence-electron chi connectivity index (χ4n) is 4.19. The van der Waals surface area contributed by atoms with Gasteiger partial charge in [-0.3, -0.25) is 0 Å². The summed E-state index contributed by atoms with van der Waals surface area (Å²) >= 11 is 14.1. The first-order chi connectivity index (χ1) is 13.4. The predicted octanol–water partition coefficient (Wildman–Crippen LogP) is 5.36.